The molecule has 4 rings (SSSR count). The third kappa shape index (κ3) is 5.01. The van der Waals surface area contributed by atoms with Crippen LogP contribution in [0, 0.1) is 0 Å². The summed E-state index contributed by atoms with van der Waals surface area (Å²) in [6.45, 7) is 1.54. The molecule has 1 amide bonds. The summed E-state index contributed by atoms with van der Waals surface area (Å²) in [6.07, 6.45) is 0. The highest BCUT2D eigenvalue weighted by Gasteiger charge is 2.14. The highest BCUT2D eigenvalue weighted by molar-refractivity contribution is 9.10. The summed E-state index contributed by atoms with van der Waals surface area (Å²) in [5.41, 5.74) is 5.11. The van der Waals surface area contributed by atoms with E-state index in [4.69, 9.17) is 4.74 Å². The molecule has 0 saturated heterocycles. The van der Waals surface area contributed by atoms with Crippen molar-refractivity contribution >= 4 is 38.3 Å². The normalized spacial score (nSPS) is 11.4. The minimum atomic E-state index is -0.447. The van der Waals surface area contributed by atoms with Crippen LogP contribution in [0.3, 0.4) is 0 Å². The third-order valence-corrected chi connectivity index (χ3v) is 5.66. The van der Waals surface area contributed by atoms with Gasteiger partial charge in [0.05, 0.1) is 23.9 Å². The molecule has 0 aliphatic carbocycles. The average Bonchev–Trinajstić information content (AvgIpc) is 2.85. The van der Waals surface area contributed by atoms with Gasteiger partial charge in [0.25, 0.3) is 11.5 Å². The Morgan fingerprint density at radius 3 is 2.36 bits per heavy atom. The fourth-order valence-electron chi connectivity index (χ4n) is 3.38. The molecule has 3 aromatic carbocycles. The van der Waals surface area contributed by atoms with Gasteiger partial charge in [0.1, 0.15) is 12.3 Å². The molecule has 1 aromatic heterocycles. The van der Waals surface area contributed by atoms with E-state index in [0.29, 0.717) is 22.2 Å². The number of hydrazone groups is 1. The quantitative estimate of drug-likeness (QED) is 0.312. The van der Waals surface area contributed by atoms with Crippen LogP contribution in [0.4, 0.5) is 0 Å². The molecule has 0 radical (unpaired) electrons. The predicted molar refractivity (Wildman–Crippen MR) is 132 cm³/mol. The fraction of sp³-hybridized carbons (Fsp3) is 0.120. The van der Waals surface area contributed by atoms with Gasteiger partial charge in [-0.25, -0.2) is 10.1 Å². The lowest BCUT2D eigenvalue weighted by Gasteiger charge is -2.11. The van der Waals surface area contributed by atoms with Crippen LogP contribution in [0.5, 0.6) is 5.75 Å². The van der Waals surface area contributed by atoms with Gasteiger partial charge in [0.15, 0.2) is 0 Å². The number of nitrogens with one attached hydrogen (secondary N) is 1. The first-order chi connectivity index (χ1) is 16.0. The van der Waals surface area contributed by atoms with Gasteiger partial charge in [0, 0.05) is 15.4 Å². The summed E-state index contributed by atoms with van der Waals surface area (Å²) in [5.74, 6) is 0.270. The minimum Gasteiger partial charge on any atom is -0.497 e. The number of rotatable bonds is 6. The first-order valence-electron chi connectivity index (χ1n) is 10.2. The predicted octanol–water partition coefficient (Wildman–Crippen LogP) is 4.38. The standard InChI is InChI=1S/C25H21BrN4O3/c1-16(17-7-11-19(26)12-8-17)27-28-23(31)15-30-25(32)22-6-4-3-5-21(22)24(29-30)18-9-13-20(33-2)14-10-18/h3-14H,15H2,1-2H3,(H,28,31)/b27-16+. The smallest absolute Gasteiger partial charge is 0.275 e. The monoisotopic (exact) mass is 504 g/mol. The maximum Gasteiger partial charge on any atom is 0.275 e. The van der Waals surface area contributed by atoms with E-state index in [1.165, 1.54) is 4.68 Å². The molecule has 0 bridgehead atoms. The van der Waals surface area contributed by atoms with E-state index in [-0.39, 0.29) is 12.1 Å². The van der Waals surface area contributed by atoms with Crippen molar-refractivity contribution in [3.63, 3.8) is 0 Å². The summed E-state index contributed by atoms with van der Waals surface area (Å²) in [4.78, 5) is 25.6. The lowest BCUT2D eigenvalue weighted by molar-refractivity contribution is -0.121. The molecule has 0 aliphatic heterocycles. The van der Waals surface area contributed by atoms with Crippen molar-refractivity contribution in [1.29, 1.82) is 0 Å². The zero-order valence-electron chi connectivity index (χ0n) is 18.1. The lowest BCUT2D eigenvalue weighted by atomic mass is 10.0. The van der Waals surface area contributed by atoms with Gasteiger partial charge >= 0.3 is 0 Å². The molecule has 166 valence electrons. The van der Waals surface area contributed by atoms with E-state index in [1.54, 1.807) is 26.2 Å². The minimum absolute atomic E-state index is 0.260. The molecule has 0 atom stereocenters. The number of hydrogen-bond donors (Lipinski definition) is 1. The van der Waals surface area contributed by atoms with Crippen molar-refractivity contribution in [2.75, 3.05) is 7.11 Å². The SMILES string of the molecule is COc1ccc(-c2nn(CC(=O)N/N=C(\C)c3ccc(Br)cc3)c(=O)c3ccccc23)cc1. The van der Waals surface area contributed by atoms with E-state index in [1.807, 2.05) is 60.7 Å². The highest BCUT2D eigenvalue weighted by Crippen LogP contribution is 2.26. The summed E-state index contributed by atoms with van der Waals surface area (Å²) in [5, 5.41) is 9.87. The molecule has 33 heavy (non-hydrogen) atoms. The number of halogens is 1. The van der Waals surface area contributed by atoms with E-state index in [2.05, 4.69) is 31.6 Å². The Morgan fingerprint density at radius 1 is 1.03 bits per heavy atom. The Bertz CT molecular complexity index is 1390. The number of benzene rings is 3. The van der Waals surface area contributed by atoms with Gasteiger partial charge in [-0.15, -0.1) is 0 Å². The molecular formula is C25H21BrN4O3. The van der Waals surface area contributed by atoms with Gasteiger partial charge in [-0.3, -0.25) is 9.59 Å². The molecule has 0 aliphatic rings. The van der Waals surface area contributed by atoms with Crippen LogP contribution in [-0.2, 0) is 11.3 Å². The number of ether oxygens (including phenoxy) is 1. The van der Waals surface area contributed by atoms with E-state index in [0.717, 1.165) is 21.3 Å². The maximum atomic E-state index is 13.0. The molecular weight excluding hydrogens is 484 g/mol. The molecule has 0 unspecified atom stereocenters. The Kier molecular flexibility index (Phi) is 6.65. The van der Waals surface area contributed by atoms with Crippen molar-refractivity contribution in [3.8, 4) is 17.0 Å². The highest BCUT2D eigenvalue weighted by atomic mass is 79.9. The Balaban J connectivity index is 1.64. The summed E-state index contributed by atoms with van der Waals surface area (Å²) in [6, 6.07) is 22.2. The second-order valence-electron chi connectivity index (χ2n) is 7.32. The number of carbonyl (C=O) groups excluding carboxylic acids is 1. The number of hydrogen-bond acceptors (Lipinski definition) is 5. The number of aromatic nitrogens is 2. The molecule has 8 heteroatoms. The first kappa shape index (κ1) is 22.4. The van der Waals surface area contributed by atoms with Crippen molar-refractivity contribution in [1.82, 2.24) is 15.2 Å². The van der Waals surface area contributed by atoms with Crippen LogP contribution in [0.25, 0.3) is 22.0 Å². The zero-order chi connectivity index (χ0) is 23.4. The Labute approximate surface area is 198 Å². The van der Waals surface area contributed by atoms with Gasteiger partial charge in [0.2, 0.25) is 0 Å². The van der Waals surface area contributed by atoms with Crippen LogP contribution in [0.15, 0.2) is 87.2 Å². The molecule has 1 heterocycles. The fourth-order valence-corrected chi connectivity index (χ4v) is 3.64. The Hall–Kier alpha value is -3.78. The maximum absolute atomic E-state index is 13.0. The van der Waals surface area contributed by atoms with E-state index < -0.39 is 5.91 Å². The summed E-state index contributed by atoms with van der Waals surface area (Å²) >= 11 is 3.39. The van der Waals surface area contributed by atoms with Crippen molar-refractivity contribution in [3.05, 3.63) is 93.2 Å². The van der Waals surface area contributed by atoms with Crippen LogP contribution in [0.2, 0.25) is 0 Å². The van der Waals surface area contributed by atoms with E-state index in [9.17, 15) is 9.59 Å². The van der Waals surface area contributed by atoms with E-state index >= 15 is 0 Å². The van der Waals surface area contributed by atoms with Gasteiger partial charge in [-0.05, 0) is 55.0 Å². The van der Waals surface area contributed by atoms with Crippen molar-refractivity contribution in [2.24, 2.45) is 5.10 Å². The van der Waals surface area contributed by atoms with Crippen molar-refractivity contribution in [2.45, 2.75) is 13.5 Å². The zero-order valence-corrected chi connectivity index (χ0v) is 19.7. The molecule has 0 saturated carbocycles. The molecule has 1 N–H and O–H groups in total. The Morgan fingerprint density at radius 2 is 1.70 bits per heavy atom. The van der Waals surface area contributed by atoms with Crippen molar-refractivity contribution < 1.29 is 9.53 Å². The van der Waals surface area contributed by atoms with Crippen LogP contribution >= 0.6 is 15.9 Å². The molecule has 0 fully saturated rings. The summed E-state index contributed by atoms with van der Waals surface area (Å²) < 4.78 is 7.35. The third-order valence-electron chi connectivity index (χ3n) is 5.13. The van der Waals surface area contributed by atoms with Gasteiger partial charge in [-0.1, -0.05) is 46.3 Å². The second kappa shape index (κ2) is 9.79. The largest absolute Gasteiger partial charge is 0.497 e. The number of amides is 1. The topological polar surface area (TPSA) is 85.6 Å². The number of fused-ring (bicyclic) bond motifs is 1. The second-order valence-corrected chi connectivity index (χ2v) is 8.24. The number of methoxy groups -OCH3 is 1. The molecule has 4 aromatic rings. The number of carbonyl (C=O) groups is 1. The molecule has 7 nitrogen and oxygen atoms in total. The van der Waals surface area contributed by atoms with Crippen LogP contribution in [-0.4, -0.2) is 28.5 Å². The average molecular weight is 505 g/mol. The van der Waals surface area contributed by atoms with Gasteiger partial charge in [-0.2, -0.15) is 10.2 Å². The first-order valence-corrected chi connectivity index (χ1v) is 11.0. The molecule has 0 spiro atoms. The lowest BCUT2D eigenvalue weighted by Crippen LogP contribution is -2.32. The van der Waals surface area contributed by atoms with Gasteiger partial charge < -0.3 is 4.74 Å². The summed E-state index contributed by atoms with van der Waals surface area (Å²) in [7, 11) is 1.60. The number of nitrogens with zero attached hydrogens (tertiary/aromatic N) is 3. The van der Waals surface area contributed by atoms with Crippen LogP contribution in [0.1, 0.15) is 12.5 Å². The van der Waals surface area contributed by atoms with Crippen LogP contribution < -0.4 is 15.7 Å².